The first kappa shape index (κ1) is 13.0. The van der Waals surface area contributed by atoms with E-state index in [2.05, 4.69) is 0 Å². The van der Waals surface area contributed by atoms with Crippen LogP contribution in [0, 0.1) is 0 Å². The lowest BCUT2D eigenvalue weighted by atomic mass is 10.2. The van der Waals surface area contributed by atoms with Gasteiger partial charge in [0.05, 0.1) is 17.1 Å². The van der Waals surface area contributed by atoms with E-state index < -0.39 is 15.1 Å². The summed E-state index contributed by atoms with van der Waals surface area (Å²) in [5.41, 5.74) is 0.163. The molecule has 0 aliphatic heterocycles. The van der Waals surface area contributed by atoms with E-state index in [9.17, 15) is 13.2 Å². The summed E-state index contributed by atoms with van der Waals surface area (Å²) in [4.78, 5) is 11.1. The number of rotatable bonds is 4. The van der Waals surface area contributed by atoms with Crippen molar-refractivity contribution in [1.29, 1.82) is 0 Å². The zero-order valence-electron chi connectivity index (χ0n) is 8.86. The Morgan fingerprint density at radius 2 is 2.06 bits per heavy atom. The number of halogens is 1. The average Bonchev–Trinajstić information content (AvgIpc) is 2.16. The van der Waals surface area contributed by atoms with E-state index in [0.717, 1.165) is 6.26 Å². The molecule has 0 spiro atoms. The fourth-order valence-electron chi connectivity index (χ4n) is 1.17. The van der Waals surface area contributed by atoms with E-state index in [-0.39, 0.29) is 16.2 Å². The Balaban J connectivity index is 3.33. The van der Waals surface area contributed by atoms with Crippen LogP contribution in [-0.4, -0.2) is 26.5 Å². The molecule has 6 heteroatoms. The molecule has 0 unspecified atom stereocenters. The molecule has 0 bridgehead atoms. The average molecular weight is 263 g/mol. The van der Waals surface area contributed by atoms with Crippen LogP contribution in [0.1, 0.15) is 17.3 Å². The molecule has 16 heavy (non-hydrogen) atoms. The van der Waals surface area contributed by atoms with Crippen molar-refractivity contribution in [2.24, 2.45) is 0 Å². The standard InChI is InChI=1S/C10H11ClO4S/c1-3-15-9-6-7(16(2,13)14)4-5-8(9)10(11)12/h4-6H,3H2,1-2H3. The lowest BCUT2D eigenvalue weighted by Crippen LogP contribution is -2.03. The highest BCUT2D eigenvalue weighted by Crippen LogP contribution is 2.24. The van der Waals surface area contributed by atoms with Gasteiger partial charge < -0.3 is 4.74 Å². The van der Waals surface area contributed by atoms with Crippen LogP contribution < -0.4 is 4.74 Å². The Kier molecular flexibility index (Phi) is 3.93. The molecule has 0 saturated carbocycles. The summed E-state index contributed by atoms with van der Waals surface area (Å²) in [6.07, 6.45) is 1.08. The number of sulfone groups is 1. The van der Waals surface area contributed by atoms with Crippen LogP contribution in [0.2, 0.25) is 0 Å². The number of benzene rings is 1. The molecule has 1 rings (SSSR count). The predicted molar refractivity (Wildman–Crippen MR) is 60.9 cm³/mol. The fraction of sp³-hybridized carbons (Fsp3) is 0.300. The van der Waals surface area contributed by atoms with E-state index >= 15 is 0 Å². The number of hydrogen-bond acceptors (Lipinski definition) is 4. The molecular formula is C10H11ClO4S. The first-order valence-corrected chi connectivity index (χ1v) is 6.80. The minimum atomic E-state index is -3.32. The van der Waals surface area contributed by atoms with Crippen LogP contribution in [0.4, 0.5) is 0 Å². The molecule has 0 aliphatic rings. The largest absolute Gasteiger partial charge is 0.493 e. The molecule has 88 valence electrons. The maximum Gasteiger partial charge on any atom is 0.256 e. The summed E-state index contributed by atoms with van der Waals surface area (Å²) >= 11 is 5.34. The van der Waals surface area contributed by atoms with Crippen molar-refractivity contribution < 1.29 is 17.9 Å². The Labute approximate surface area is 99.1 Å². The van der Waals surface area contributed by atoms with Gasteiger partial charge in [0.25, 0.3) is 5.24 Å². The van der Waals surface area contributed by atoms with Crippen LogP contribution >= 0.6 is 11.6 Å². The van der Waals surface area contributed by atoms with Gasteiger partial charge in [-0.25, -0.2) is 8.42 Å². The minimum absolute atomic E-state index is 0.0950. The fourth-order valence-corrected chi connectivity index (χ4v) is 1.96. The highest BCUT2D eigenvalue weighted by atomic mass is 35.5. The van der Waals surface area contributed by atoms with Gasteiger partial charge in [-0.05, 0) is 36.7 Å². The van der Waals surface area contributed by atoms with Gasteiger partial charge in [-0.15, -0.1) is 0 Å². The van der Waals surface area contributed by atoms with Crippen LogP contribution in [0.5, 0.6) is 5.75 Å². The first-order valence-electron chi connectivity index (χ1n) is 4.53. The molecule has 4 nitrogen and oxygen atoms in total. The monoisotopic (exact) mass is 262 g/mol. The van der Waals surface area contributed by atoms with Crippen molar-refractivity contribution in [2.45, 2.75) is 11.8 Å². The number of hydrogen-bond donors (Lipinski definition) is 0. The Morgan fingerprint density at radius 1 is 1.44 bits per heavy atom. The van der Waals surface area contributed by atoms with Crippen LogP contribution in [0.15, 0.2) is 23.1 Å². The van der Waals surface area contributed by atoms with Crippen molar-refractivity contribution in [3.05, 3.63) is 23.8 Å². The van der Waals surface area contributed by atoms with Crippen LogP contribution in [-0.2, 0) is 9.84 Å². The zero-order chi connectivity index (χ0) is 12.3. The summed E-state index contributed by atoms with van der Waals surface area (Å²) < 4.78 is 27.8. The van der Waals surface area contributed by atoms with E-state index in [1.807, 2.05) is 0 Å². The van der Waals surface area contributed by atoms with Crippen LogP contribution in [0.3, 0.4) is 0 Å². The molecule has 0 aromatic heterocycles. The third-order valence-electron chi connectivity index (χ3n) is 1.89. The number of carbonyl (C=O) groups excluding carboxylic acids is 1. The van der Waals surface area contributed by atoms with Crippen molar-refractivity contribution in [3.8, 4) is 5.75 Å². The van der Waals surface area contributed by atoms with Crippen LogP contribution in [0.25, 0.3) is 0 Å². The normalized spacial score (nSPS) is 11.2. The minimum Gasteiger partial charge on any atom is -0.493 e. The topological polar surface area (TPSA) is 60.4 Å². The molecule has 0 atom stereocenters. The van der Waals surface area contributed by atoms with E-state index in [4.69, 9.17) is 16.3 Å². The molecule has 0 N–H and O–H groups in total. The first-order chi connectivity index (χ1) is 7.36. The van der Waals surface area contributed by atoms with Crippen molar-refractivity contribution in [2.75, 3.05) is 12.9 Å². The van der Waals surface area contributed by atoms with Gasteiger partial charge in [-0.3, -0.25) is 4.79 Å². The molecule has 0 heterocycles. The predicted octanol–water partition coefficient (Wildman–Crippen LogP) is 1.87. The third-order valence-corrected chi connectivity index (χ3v) is 3.21. The SMILES string of the molecule is CCOc1cc(S(C)(=O)=O)ccc1C(=O)Cl. The highest BCUT2D eigenvalue weighted by molar-refractivity contribution is 7.90. The number of carbonyl (C=O) groups is 1. The van der Waals surface area contributed by atoms with Gasteiger partial charge in [0.1, 0.15) is 5.75 Å². The lowest BCUT2D eigenvalue weighted by Gasteiger charge is -2.08. The highest BCUT2D eigenvalue weighted by Gasteiger charge is 2.15. The molecule has 0 saturated heterocycles. The van der Waals surface area contributed by atoms with Gasteiger partial charge in [0.15, 0.2) is 9.84 Å². The lowest BCUT2D eigenvalue weighted by molar-refractivity contribution is 0.107. The molecule has 1 aromatic rings. The second kappa shape index (κ2) is 4.84. The van der Waals surface area contributed by atoms with Gasteiger partial charge in [-0.1, -0.05) is 0 Å². The second-order valence-corrected chi connectivity index (χ2v) is 5.50. The zero-order valence-corrected chi connectivity index (χ0v) is 10.4. The summed E-state index contributed by atoms with van der Waals surface area (Å²) in [5.74, 6) is 0.186. The van der Waals surface area contributed by atoms with Crippen molar-refractivity contribution in [1.82, 2.24) is 0 Å². The van der Waals surface area contributed by atoms with Gasteiger partial charge in [0.2, 0.25) is 0 Å². The van der Waals surface area contributed by atoms with Crippen molar-refractivity contribution >= 4 is 26.7 Å². The Morgan fingerprint density at radius 3 is 2.50 bits per heavy atom. The smallest absolute Gasteiger partial charge is 0.256 e. The van der Waals surface area contributed by atoms with E-state index in [0.29, 0.717) is 6.61 Å². The summed E-state index contributed by atoms with van der Waals surface area (Å²) in [7, 11) is -3.32. The summed E-state index contributed by atoms with van der Waals surface area (Å²) in [6, 6.07) is 3.97. The molecule has 1 aromatic carbocycles. The summed E-state index contributed by atoms with van der Waals surface area (Å²) in [6.45, 7) is 2.06. The third kappa shape index (κ3) is 2.96. The summed E-state index contributed by atoms with van der Waals surface area (Å²) in [5, 5.41) is -0.677. The van der Waals surface area contributed by atoms with Gasteiger partial charge in [0, 0.05) is 6.26 Å². The number of ether oxygens (including phenoxy) is 1. The van der Waals surface area contributed by atoms with Gasteiger partial charge in [-0.2, -0.15) is 0 Å². The maximum atomic E-state index is 11.3. The molecule has 0 aliphatic carbocycles. The quantitative estimate of drug-likeness (QED) is 0.777. The molecule has 0 amide bonds. The van der Waals surface area contributed by atoms with Crippen molar-refractivity contribution in [3.63, 3.8) is 0 Å². The van der Waals surface area contributed by atoms with Gasteiger partial charge >= 0.3 is 0 Å². The molecule has 0 radical (unpaired) electrons. The van der Waals surface area contributed by atoms with E-state index in [1.54, 1.807) is 6.92 Å². The Bertz CT molecular complexity index is 508. The molecule has 0 fully saturated rings. The Hall–Kier alpha value is -1.07. The maximum absolute atomic E-state index is 11.3. The second-order valence-electron chi connectivity index (χ2n) is 3.14. The molecular weight excluding hydrogens is 252 g/mol. The van der Waals surface area contributed by atoms with E-state index in [1.165, 1.54) is 18.2 Å².